The van der Waals surface area contributed by atoms with Crippen molar-refractivity contribution in [2.75, 3.05) is 0 Å². The molecule has 0 unspecified atom stereocenters. The molecule has 20 heavy (non-hydrogen) atoms. The van der Waals surface area contributed by atoms with Crippen LogP contribution in [-0.2, 0) is 22.4 Å². The van der Waals surface area contributed by atoms with Crippen molar-refractivity contribution in [1.29, 1.82) is 0 Å². The fraction of sp³-hybridized carbons (Fsp3) is 0.500. The predicted molar refractivity (Wildman–Crippen MR) is 79.3 cm³/mol. The molecule has 0 amide bonds. The maximum atomic E-state index is 11.2. The van der Waals surface area contributed by atoms with Crippen LogP contribution >= 0.6 is 0 Å². The van der Waals surface area contributed by atoms with E-state index in [-0.39, 0.29) is 0 Å². The van der Waals surface area contributed by atoms with Crippen molar-refractivity contribution in [3.05, 3.63) is 34.4 Å². The van der Waals surface area contributed by atoms with E-state index in [1.165, 1.54) is 0 Å². The first kappa shape index (κ1) is 18.2. The molecule has 0 atom stereocenters. The first-order chi connectivity index (χ1) is 9.42. The summed E-state index contributed by atoms with van der Waals surface area (Å²) in [7, 11) is 0. The number of carbonyl (C=O) groups is 2. The van der Waals surface area contributed by atoms with Crippen LogP contribution < -0.4 is 0 Å². The molecule has 0 aliphatic carbocycles. The molecule has 0 radical (unpaired) electrons. The summed E-state index contributed by atoms with van der Waals surface area (Å²) in [5.41, 5.74) is 3.09. The fourth-order valence-electron chi connectivity index (χ4n) is 2.26. The topological polar surface area (TPSA) is 74.6 Å². The average Bonchev–Trinajstić information content (AvgIpc) is 2.41. The average molecular weight is 280 g/mol. The van der Waals surface area contributed by atoms with Gasteiger partial charge < -0.3 is 10.2 Å². The van der Waals surface area contributed by atoms with Gasteiger partial charge in [-0.3, -0.25) is 9.59 Å². The van der Waals surface area contributed by atoms with Crippen LogP contribution in [0.3, 0.4) is 0 Å². The Hall–Kier alpha value is -1.84. The molecule has 0 fully saturated rings. The summed E-state index contributed by atoms with van der Waals surface area (Å²) < 4.78 is 0. The molecule has 0 spiro atoms. The first-order valence-corrected chi connectivity index (χ1v) is 7.00. The molecule has 1 rings (SSSR count). The van der Waals surface area contributed by atoms with E-state index >= 15 is 0 Å². The Kier molecular flexibility index (Phi) is 7.59. The number of rotatable bonds is 5. The summed E-state index contributed by atoms with van der Waals surface area (Å²) >= 11 is 0. The molecular weight excluding hydrogens is 256 g/mol. The molecular formula is C16H24O4. The summed E-state index contributed by atoms with van der Waals surface area (Å²) in [6.07, 6.45) is 1.25. The third-order valence-electron chi connectivity index (χ3n) is 3.04. The fourth-order valence-corrected chi connectivity index (χ4v) is 2.26. The second kappa shape index (κ2) is 8.35. The van der Waals surface area contributed by atoms with Crippen LogP contribution in [0.15, 0.2) is 12.1 Å². The van der Waals surface area contributed by atoms with E-state index in [0.717, 1.165) is 16.7 Å². The van der Waals surface area contributed by atoms with Crippen molar-refractivity contribution < 1.29 is 19.8 Å². The van der Waals surface area contributed by atoms with Crippen LogP contribution in [0.5, 0.6) is 0 Å². The van der Waals surface area contributed by atoms with Gasteiger partial charge in [-0.15, -0.1) is 0 Å². The van der Waals surface area contributed by atoms with Crippen LogP contribution in [-0.4, -0.2) is 22.2 Å². The van der Waals surface area contributed by atoms with Gasteiger partial charge in [0, 0.05) is 0 Å². The van der Waals surface area contributed by atoms with Gasteiger partial charge >= 0.3 is 11.9 Å². The summed E-state index contributed by atoms with van der Waals surface area (Å²) in [5, 5.41) is 18.3. The Morgan fingerprint density at radius 1 is 1.00 bits per heavy atom. The highest BCUT2D eigenvalue weighted by molar-refractivity contribution is 5.99. The van der Waals surface area contributed by atoms with E-state index in [2.05, 4.69) is 0 Å². The molecule has 112 valence electrons. The van der Waals surface area contributed by atoms with Gasteiger partial charge in [-0.25, -0.2) is 0 Å². The maximum Gasteiger partial charge on any atom is 0.322 e. The molecule has 4 nitrogen and oxygen atoms in total. The zero-order valence-corrected chi connectivity index (χ0v) is 12.9. The molecule has 0 aliphatic heterocycles. The second-order valence-corrected chi connectivity index (χ2v) is 4.31. The molecule has 0 saturated carbocycles. The highest BCUT2D eigenvalue weighted by atomic mass is 16.4. The molecule has 0 aliphatic rings. The van der Waals surface area contributed by atoms with E-state index in [4.69, 9.17) is 10.2 Å². The summed E-state index contributed by atoms with van der Waals surface area (Å²) in [6, 6.07) is 3.74. The molecule has 0 aromatic heterocycles. The molecule has 1 aromatic rings. The van der Waals surface area contributed by atoms with Gasteiger partial charge in [0.05, 0.1) is 0 Å². The van der Waals surface area contributed by atoms with Gasteiger partial charge in [-0.05, 0) is 36.5 Å². The van der Waals surface area contributed by atoms with E-state index in [1.807, 2.05) is 46.8 Å². The lowest BCUT2D eigenvalue weighted by Gasteiger charge is -2.18. The third-order valence-corrected chi connectivity index (χ3v) is 3.04. The normalized spacial score (nSPS) is 9.90. The third kappa shape index (κ3) is 4.08. The SMILES string of the molecule is CC.CCc1cc(C)cc(CC)c1C(C(=O)O)C(=O)O. The maximum absolute atomic E-state index is 11.2. The lowest BCUT2D eigenvalue weighted by Crippen LogP contribution is -2.24. The molecule has 0 bridgehead atoms. The van der Waals surface area contributed by atoms with Gasteiger partial charge in [0.15, 0.2) is 5.92 Å². The Morgan fingerprint density at radius 3 is 1.60 bits per heavy atom. The minimum absolute atomic E-state index is 0.450. The van der Waals surface area contributed by atoms with E-state index in [1.54, 1.807) is 0 Å². The zero-order chi connectivity index (χ0) is 15.9. The van der Waals surface area contributed by atoms with Crippen LogP contribution in [0.1, 0.15) is 55.9 Å². The van der Waals surface area contributed by atoms with Gasteiger partial charge in [-0.2, -0.15) is 0 Å². The number of hydrogen-bond donors (Lipinski definition) is 2. The Bertz CT molecular complexity index is 438. The number of aliphatic carboxylic acids is 2. The van der Waals surface area contributed by atoms with Crippen molar-refractivity contribution in [2.24, 2.45) is 0 Å². The van der Waals surface area contributed by atoms with Crippen molar-refractivity contribution in [3.63, 3.8) is 0 Å². The first-order valence-electron chi connectivity index (χ1n) is 7.00. The van der Waals surface area contributed by atoms with Gasteiger partial charge in [-0.1, -0.05) is 45.4 Å². The summed E-state index contributed by atoms with van der Waals surface area (Å²) in [5.74, 6) is -4.10. The largest absolute Gasteiger partial charge is 0.480 e. The standard InChI is InChI=1S/C14H18O4.C2H6/c1-4-9-6-8(3)7-10(5-2)11(9)12(13(15)16)14(17)18;1-2/h6-7,12H,4-5H2,1-3H3,(H,15,16)(H,17,18);1-2H3. The Balaban J connectivity index is 0.00000172. The van der Waals surface area contributed by atoms with E-state index < -0.39 is 17.9 Å². The number of carboxylic acids is 2. The predicted octanol–water partition coefficient (Wildman–Crippen LogP) is 3.40. The van der Waals surface area contributed by atoms with Gasteiger partial charge in [0.25, 0.3) is 0 Å². The minimum Gasteiger partial charge on any atom is -0.480 e. The lowest BCUT2D eigenvalue weighted by molar-refractivity contribution is -0.150. The smallest absolute Gasteiger partial charge is 0.322 e. The van der Waals surface area contributed by atoms with Crippen LogP contribution in [0.25, 0.3) is 0 Å². The molecule has 0 saturated heterocycles. The Morgan fingerprint density at radius 2 is 1.35 bits per heavy atom. The molecule has 1 aromatic carbocycles. The van der Waals surface area contributed by atoms with Crippen LogP contribution in [0, 0.1) is 6.92 Å². The van der Waals surface area contributed by atoms with Crippen LogP contribution in [0.2, 0.25) is 0 Å². The number of benzene rings is 1. The van der Waals surface area contributed by atoms with Gasteiger partial charge in [0.2, 0.25) is 0 Å². The number of hydrogen-bond acceptors (Lipinski definition) is 2. The second-order valence-electron chi connectivity index (χ2n) is 4.31. The van der Waals surface area contributed by atoms with E-state index in [0.29, 0.717) is 18.4 Å². The highest BCUT2D eigenvalue weighted by Gasteiger charge is 2.31. The molecule has 0 heterocycles. The van der Waals surface area contributed by atoms with Crippen molar-refractivity contribution >= 4 is 11.9 Å². The quantitative estimate of drug-likeness (QED) is 0.811. The number of aryl methyl sites for hydroxylation is 3. The van der Waals surface area contributed by atoms with Gasteiger partial charge in [0.1, 0.15) is 0 Å². The van der Waals surface area contributed by atoms with Crippen molar-refractivity contribution in [3.8, 4) is 0 Å². The lowest BCUT2D eigenvalue weighted by atomic mass is 9.86. The Labute approximate surface area is 120 Å². The number of carboxylic acid groups (broad SMARTS) is 2. The summed E-state index contributed by atoms with van der Waals surface area (Å²) in [4.78, 5) is 22.4. The minimum atomic E-state index is -1.48. The van der Waals surface area contributed by atoms with E-state index in [9.17, 15) is 9.59 Å². The summed E-state index contributed by atoms with van der Waals surface area (Å²) in [6.45, 7) is 9.73. The molecule has 4 heteroatoms. The highest BCUT2D eigenvalue weighted by Crippen LogP contribution is 2.28. The zero-order valence-electron chi connectivity index (χ0n) is 12.9. The van der Waals surface area contributed by atoms with Crippen LogP contribution in [0.4, 0.5) is 0 Å². The monoisotopic (exact) mass is 280 g/mol. The van der Waals surface area contributed by atoms with Crippen molar-refractivity contribution in [1.82, 2.24) is 0 Å². The molecule has 2 N–H and O–H groups in total. The van der Waals surface area contributed by atoms with Crippen molar-refractivity contribution in [2.45, 2.75) is 53.4 Å².